The number of benzene rings is 2. The normalized spacial score (nSPS) is 16.8. The predicted octanol–water partition coefficient (Wildman–Crippen LogP) is 4.32. The number of carbonyl (C=O) groups excluding carboxylic acids is 1. The number of rotatable bonds is 9. The summed E-state index contributed by atoms with van der Waals surface area (Å²) < 4.78 is 10.6. The van der Waals surface area contributed by atoms with Crippen molar-refractivity contribution in [1.29, 1.82) is 0 Å². The van der Waals surface area contributed by atoms with E-state index in [-0.39, 0.29) is 5.91 Å². The maximum absolute atomic E-state index is 12.4. The summed E-state index contributed by atoms with van der Waals surface area (Å²) >= 11 is 0. The molecule has 0 unspecified atom stereocenters. The van der Waals surface area contributed by atoms with Crippen molar-refractivity contribution in [2.24, 2.45) is 5.92 Å². The van der Waals surface area contributed by atoms with Crippen LogP contribution in [0, 0.1) is 12.8 Å². The molecule has 5 heteroatoms. The Morgan fingerprint density at radius 3 is 2.67 bits per heavy atom. The molecule has 0 spiro atoms. The highest BCUT2D eigenvalue weighted by atomic mass is 16.5. The summed E-state index contributed by atoms with van der Waals surface area (Å²) in [6.07, 6.45) is 3.93. The summed E-state index contributed by atoms with van der Waals surface area (Å²) in [6, 6.07) is 14.5. The van der Waals surface area contributed by atoms with Crippen LogP contribution in [-0.4, -0.2) is 38.1 Å². The summed E-state index contributed by atoms with van der Waals surface area (Å²) in [4.78, 5) is 14.9. The fourth-order valence-corrected chi connectivity index (χ4v) is 4.10. The number of ether oxygens (including phenoxy) is 2. The van der Waals surface area contributed by atoms with Gasteiger partial charge in [0.15, 0.2) is 0 Å². The predicted molar refractivity (Wildman–Crippen MR) is 120 cm³/mol. The van der Waals surface area contributed by atoms with Crippen LogP contribution < -0.4 is 14.8 Å². The maximum atomic E-state index is 12.4. The first-order valence-electron chi connectivity index (χ1n) is 10.8. The third kappa shape index (κ3) is 6.49. The van der Waals surface area contributed by atoms with E-state index in [0.29, 0.717) is 18.9 Å². The highest BCUT2D eigenvalue weighted by molar-refractivity contribution is 5.75. The number of hydrogen-bond donors (Lipinski definition) is 1. The zero-order valence-electron chi connectivity index (χ0n) is 18.4. The van der Waals surface area contributed by atoms with Crippen LogP contribution in [0.5, 0.6) is 11.5 Å². The molecule has 3 rings (SSSR count). The average molecular weight is 411 g/mol. The molecular weight excluding hydrogens is 376 g/mol. The topological polar surface area (TPSA) is 50.8 Å². The van der Waals surface area contributed by atoms with Crippen LogP contribution >= 0.6 is 0 Å². The summed E-state index contributed by atoms with van der Waals surface area (Å²) in [5.41, 5.74) is 3.62. The van der Waals surface area contributed by atoms with E-state index < -0.39 is 0 Å². The molecule has 1 atom stereocenters. The van der Waals surface area contributed by atoms with Crippen LogP contribution in [0.4, 0.5) is 0 Å². The highest BCUT2D eigenvalue weighted by Gasteiger charge is 2.20. The van der Waals surface area contributed by atoms with Gasteiger partial charge in [-0.15, -0.1) is 0 Å². The van der Waals surface area contributed by atoms with Gasteiger partial charge in [0, 0.05) is 37.7 Å². The summed E-state index contributed by atoms with van der Waals surface area (Å²) in [7, 11) is 3.26. The van der Waals surface area contributed by atoms with E-state index in [4.69, 9.17) is 9.47 Å². The molecular formula is C25H34N2O3. The van der Waals surface area contributed by atoms with E-state index in [9.17, 15) is 4.79 Å². The van der Waals surface area contributed by atoms with Gasteiger partial charge in [-0.3, -0.25) is 9.69 Å². The lowest BCUT2D eigenvalue weighted by atomic mass is 9.93. The van der Waals surface area contributed by atoms with Gasteiger partial charge in [0.25, 0.3) is 0 Å². The molecule has 162 valence electrons. The van der Waals surface area contributed by atoms with Gasteiger partial charge in [-0.25, -0.2) is 0 Å². The van der Waals surface area contributed by atoms with Crippen LogP contribution in [0.1, 0.15) is 42.4 Å². The van der Waals surface area contributed by atoms with Crippen molar-refractivity contribution < 1.29 is 14.3 Å². The fraction of sp³-hybridized carbons (Fsp3) is 0.480. The van der Waals surface area contributed by atoms with Gasteiger partial charge < -0.3 is 14.8 Å². The molecule has 2 aromatic carbocycles. The first kappa shape index (κ1) is 22.2. The molecule has 1 amide bonds. The Hall–Kier alpha value is -2.53. The molecule has 0 aromatic heterocycles. The number of amides is 1. The minimum absolute atomic E-state index is 0.100. The van der Waals surface area contributed by atoms with Gasteiger partial charge in [0.05, 0.1) is 14.2 Å². The Kier molecular flexibility index (Phi) is 8.14. The lowest BCUT2D eigenvalue weighted by molar-refractivity contribution is -0.121. The second-order valence-electron chi connectivity index (χ2n) is 8.22. The SMILES string of the molecule is COc1ccc(CNC(=O)CC[C@H]2CCCN(Cc3ccc(C)cc3)C2)c(OC)c1. The number of hydrogen-bond acceptors (Lipinski definition) is 4. The molecule has 0 aliphatic carbocycles. The molecule has 0 bridgehead atoms. The molecule has 1 aliphatic heterocycles. The minimum atomic E-state index is 0.100. The first-order valence-corrected chi connectivity index (χ1v) is 10.8. The zero-order chi connectivity index (χ0) is 21.3. The van der Waals surface area contributed by atoms with Crippen molar-refractivity contribution in [3.8, 4) is 11.5 Å². The maximum Gasteiger partial charge on any atom is 0.220 e. The van der Waals surface area contributed by atoms with E-state index in [2.05, 4.69) is 41.4 Å². The average Bonchev–Trinajstić information content (AvgIpc) is 2.78. The van der Waals surface area contributed by atoms with Gasteiger partial charge in [-0.2, -0.15) is 0 Å². The van der Waals surface area contributed by atoms with E-state index in [1.54, 1.807) is 14.2 Å². The van der Waals surface area contributed by atoms with Crippen LogP contribution in [0.25, 0.3) is 0 Å². The van der Waals surface area contributed by atoms with E-state index in [0.717, 1.165) is 43.1 Å². The Bertz CT molecular complexity index is 820. The second-order valence-corrected chi connectivity index (χ2v) is 8.22. The number of nitrogens with one attached hydrogen (secondary N) is 1. The Morgan fingerprint density at radius 2 is 1.93 bits per heavy atom. The van der Waals surface area contributed by atoms with Crippen LogP contribution in [0.2, 0.25) is 0 Å². The third-order valence-corrected chi connectivity index (χ3v) is 5.88. The smallest absolute Gasteiger partial charge is 0.220 e. The number of nitrogens with zero attached hydrogens (tertiary/aromatic N) is 1. The number of piperidine rings is 1. The van der Waals surface area contributed by atoms with Crippen LogP contribution in [0.3, 0.4) is 0 Å². The lowest BCUT2D eigenvalue weighted by Gasteiger charge is -2.32. The highest BCUT2D eigenvalue weighted by Crippen LogP contribution is 2.25. The van der Waals surface area contributed by atoms with Crippen LogP contribution in [0.15, 0.2) is 42.5 Å². The van der Waals surface area contributed by atoms with Crippen molar-refractivity contribution >= 4 is 5.91 Å². The van der Waals surface area contributed by atoms with E-state index in [1.807, 2.05) is 18.2 Å². The largest absolute Gasteiger partial charge is 0.497 e. The van der Waals surface area contributed by atoms with Crippen molar-refractivity contribution in [2.45, 2.75) is 45.7 Å². The lowest BCUT2D eigenvalue weighted by Crippen LogP contribution is -2.35. The van der Waals surface area contributed by atoms with Crippen molar-refractivity contribution in [2.75, 3.05) is 27.3 Å². The molecule has 1 N–H and O–H groups in total. The van der Waals surface area contributed by atoms with Crippen molar-refractivity contribution in [3.05, 3.63) is 59.2 Å². The van der Waals surface area contributed by atoms with Gasteiger partial charge in [-0.1, -0.05) is 29.8 Å². The molecule has 2 aromatic rings. The second kappa shape index (κ2) is 11.0. The first-order chi connectivity index (χ1) is 14.6. The van der Waals surface area contributed by atoms with E-state index >= 15 is 0 Å². The molecule has 1 aliphatic rings. The fourth-order valence-electron chi connectivity index (χ4n) is 4.10. The Balaban J connectivity index is 1.42. The molecule has 5 nitrogen and oxygen atoms in total. The number of methoxy groups -OCH3 is 2. The van der Waals surface area contributed by atoms with Gasteiger partial charge in [0.1, 0.15) is 11.5 Å². The molecule has 0 saturated carbocycles. The van der Waals surface area contributed by atoms with Gasteiger partial charge >= 0.3 is 0 Å². The molecule has 1 heterocycles. The molecule has 1 fully saturated rings. The molecule has 1 saturated heterocycles. The summed E-state index contributed by atoms with van der Waals surface area (Å²) in [5, 5.41) is 3.03. The Labute approximate surface area is 180 Å². The van der Waals surface area contributed by atoms with Crippen molar-refractivity contribution in [3.63, 3.8) is 0 Å². The summed E-state index contributed by atoms with van der Waals surface area (Å²) in [5.74, 6) is 2.16. The standard InChI is InChI=1S/C25H34N2O3/c1-19-6-8-21(9-7-19)18-27-14-4-5-20(17-27)10-13-25(28)26-16-22-11-12-23(29-2)15-24(22)30-3/h6-9,11-12,15,20H,4-5,10,13-14,16-18H2,1-3H3,(H,26,28)/t20-/m1/s1. The van der Waals surface area contributed by atoms with Gasteiger partial charge in [-0.05, 0) is 56.3 Å². The third-order valence-electron chi connectivity index (χ3n) is 5.88. The van der Waals surface area contributed by atoms with Crippen LogP contribution in [-0.2, 0) is 17.9 Å². The quantitative estimate of drug-likeness (QED) is 0.669. The number of carbonyl (C=O) groups is 1. The zero-order valence-corrected chi connectivity index (χ0v) is 18.4. The molecule has 0 radical (unpaired) electrons. The number of likely N-dealkylation sites (tertiary alicyclic amines) is 1. The minimum Gasteiger partial charge on any atom is -0.497 e. The van der Waals surface area contributed by atoms with E-state index in [1.165, 1.54) is 24.0 Å². The monoisotopic (exact) mass is 410 g/mol. The van der Waals surface area contributed by atoms with Crippen molar-refractivity contribution in [1.82, 2.24) is 10.2 Å². The summed E-state index contributed by atoms with van der Waals surface area (Å²) in [6.45, 7) is 5.81. The number of aryl methyl sites for hydroxylation is 1. The Morgan fingerprint density at radius 1 is 1.13 bits per heavy atom. The van der Waals surface area contributed by atoms with Gasteiger partial charge in [0.2, 0.25) is 5.91 Å². The molecule has 30 heavy (non-hydrogen) atoms.